The van der Waals surface area contributed by atoms with E-state index < -0.39 is 10.8 Å². The van der Waals surface area contributed by atoms with Gasteiger partial charge in [0.2, 0.25) is 0 Å². The monoisotopic (exact) mass is 398 g/mol. The van der Waals surface area contributed by atoms with Gasteiger partial charge in [-0.05, 0) is 42.8 Å². The van der Waals surface area contributed by atoms with Gasteiger partial charge in [-0.3, -0.25) is 25.8 Å². The van der Waals surface area contributed by atoms with Crippen LogP contribution in [0.25, 0.3) is 11.0 Å². The van der Waals surface area contributed by atoms with Crippen molar-refractivity contribution in [3.63, 3.8) is 0 Å². The Morgan fingerprint density at radius 3 is 2.64 bits per heavy atom. The highest BCUT2D eigenvalue weighted by molar-refractivity contribution is 7.80. The quantitative estimate of drug-likeness (QED) is 0.253. The van der Waals surface area contributed by atoms with Gasteiger partial charge in [0.05, 0.1) is 4.92 Å². The third-order valence-electron chi connectivity index (χ3n) is 3.99. The van der Waals surface area contributed by atoms with Crippen LogP contribution in [0.15, 0.2) is 59.0 Å². The number of furan rings is 1. The molecule has 0 saturated carbocycles. The van der Waals surface area contributed by atoms with Gasteiger partial charge in [0.1, 0.15) is 5.58 Å². The lowest BCUT2D eigenvalue weighted by Crippen LogP contribution is -2.46. The lowest BCUT2D eigenvalue weighted by Gasteiger charge is -2.10. The fraction of sp³-hybridized carbons (Fsp3) is 0.158. The standard InChI is InChI=1S/C19H18N4O4S/c24-18(17-12-14-11-15(23(25)26)8-9-16(14)27-17)21-22-19(28)20-10-4-7-13-5-2-1-3-6-13/h1-3,5-6,8-9,11-12H,4,7,10H2,(H,21,24)(H2,20,22,28). The van der Waals surface area contributed by atoms with Crippen molar-refractivity contribution in [3.8, 4) is 0 Å². The molecule has 1 heterocycles. The smallest absolute Gasteiger partial charge is 0.305 e. The molecule has 0 atom stereocenters. The minimum absolute atomic E-state index is 0.0230. The van der Waals surface area contributed by atoms with E-state index >= 15 is 0 Å². The summed E-state index contributed by atoms with van der Waals surface area (Å²) in [7, 11) is 0. The number of aryl methyl sites for hydroxylation is 1. The van der Waals surface area contributed by atoms with E-state index in [1.165, 1.54) is 29.8 Å². The van der Waals surface area contributed by atoms with Crippen LogP contribution in [0, 0.1) is 10.1 Å². The van der Waals surface area contributed by atoms with Crippen LogP contribution in [0.1, 0.15) is 22.5 Å². The normalized spacial score (nSPS) is 10.4. The second kappa shape index (κ2) is 8.96. The van der Waals surface area contributed by atoms with Gasteiger partial charge < -0.3 is 9.73 Å². The number of non-ortho nitro benzene ring substituents is 1. The van der Waals surface area contributed by atoms with E-state index in [4.69, 9.17) is 16.6 Å². The molecule has 28 heavy (non-hydrogen) atoms. The Morgan fingerprint density at radius 2 is 1.89 bits per heavy atom. The van der Waals surface area contributed by atoms with E-state index in [0.29, 0.717) is 17.5 Å². The molecular weight excluding hydrogens is 380 g/mol. The number of rotatable bonds is 6. The highest BCUT2D eigenvalue weighted by Crippen LogP contribution is 2.24. The first-order valence-electron chi connectivity index (χ1n) is 8.59. The predicted molar refractivity (Wildman–Crippen MR) is 109 cm³/mol. The molecule has 1 amide bonds. The number of hydrazine groups is 1. The number of nitrogens with zero attached hydrogens (tertiary/aromatic N) is 1. The van der Waals surface area contributed by atoms with E-state index in [0.717, 1.165) is 12.8 Å². The molecule has 3 aromatic rings. The Morgan fingerprint density at radius 1 is 1.11 bits per heavy atom. The molecule has 144 valence electrons. The molecule has 0 aliphatic heterocycles. The summed E-state index contributed by atoms with van der Waals surface area (Å²) in [5.74, 6) is -0.512. The maximum atomic E-state index is 12.2. The number of nitro benzene ring substituents is 1. The molecule has 0 bridgehead atoms. The average Bonchev–Trinajstić information content (AvgIpc) is 3.13. The highest BCUT2D eigenvalue weighted by Gasteiger charge is 2.15. The first-order valence-corrected chi connectivity index (χ1v) is 9.00. The number of hydrogen-bond acceptors (Lipinski definition) is 5. The number of nitrogens with one attached hydrogen (secondary N) is 3. The maximum Gasteiger partial charge on any atom is 0.305 e. The Hall–Kier alpha value is -3.46. The van der Waals surface area contributed by atoms with Gasteiger partial charge in [-0.25, -0.2) is 0 Å². The van der Waals surface area contributed by atoms with E-state index in [2.05, 4.69) is 28.3 Å². The Kier molecular flexibility index (Phi) is 6.18. The van der Waals surface area contributed by atoms with Crippen molar-refractivity contribution >= 4 is 39.9 Å². The van der Waals surface area contributed by atoms with Crippen molar-refractivity contribution in [2.24, 2.45) is 0 Å². The van der Waals surface area contributed by atoms with Gasteiger partial charge in [0.15, 0.2) is 10.9 Å². The van der Waals surface area contributed by atoms with Gasteiger partial charge in [-0.1, -0.05) is 30.3 Å². The third kappa shape index (κ3) is 5.04. The summed E-state index contributed by atoms with van der Waals surface area (Å²) < 4.78 is 5.41. The molecule has 2 aromatic carbocycles. The SMILES string of the molecule is O=C(NNC(=S)NCCCc1ccccc1)c1cc2cc([N+](=O)[O-])ccc2o1. The summed E-state index contributed by atoms with van der Waals surface area (Å²) in [5, 5.41) is 14.6. The van der Waals surface area contributed by atoms with Crippen LogP contribution in [-0.2, 0) is 6.42 Å². The number of nitro groups is 1. The van der Waals surface area contributed by atoms with Crippen molar-refractivity contribution in [1.82, 2.24) is 16.2 Å². The number of fused-ring (bicyclic) bond motifs is 1. The highest BCUT2D eigenvalue weighted by atomic mass is 32.1. The molecule has 3 N–H and O–H groups in total. The molecule has 0 saturated heterocycles. The number of hydrogen-bond donors (Lipinski definition) is 3. The van der Waals surface area contributed by atoms with Gasteiger partial charge >= 0.3 is 5.91 Å². The van der Waals surface area contributed by atoms with E-state index in [9.17, 15) is 14.9 Å². The lowest BCUT2D eigenvalue weighted by atomic mass is 10.1. The first-order chi connectivity index (χ1) is 13.5. The van der Waals surface area contributed by atoms with Crippen molar-refractivity contribution in [2.75, 3.05) is 6.54 Å². The van der Waals surface area contributed by atoms with Gasteiger partial charge in [0, 0.05) is 24.1 Å². The van der Waals surface area contributed by atoms with Crippen LogP contribution in [0.5, 0.6) is 0 Å². The van der Waals surface area contributed by atoms with Crippen molar-refractivity contribution in [2.45, 2.75) is 12.8 Å². The zero-order valence-corrected chi connectivity index (χ0v) is 15.6. The number of amides is 1. The second-order valence-corrected chi connectivity index (χ2v) is 6.42. The van der Waals surface area contributed by atoms with Crippen LogP contribution >= 0.6 is 12.2 Å². The summed E-state index contributed by atoms with van der Waals surface area (Å²) in [6, 6.07) is 15.7. The molecule has 3 rings (SSSR count). The summed E-state index contributed by atoms with van der Waals surface area (Å²) in [6.07, 6.45) is 1.82. The van der Waals surface area contributed by atoms with Gasteiger partial charge in [-0.2, -0.15) is 0 Å². The summed E-state index contributed by atoms with van der Waals surface area (Å²) >= 11 is 5.12. The molecule has 0 spiro atoms. The van der Waals surface area contributed by atoms with Crippen LogP contribution in [-0.4, -0.2) is 22.5 Å². The molecule has 9 heteroatoms. The lowest BCUT2D eigenvalue weighted by molar-refractivity contribution is -0.384. The summed E-state index contributed by atoms with van der Waals surface area (Å²) in [4.78, 5) is 22.5. The maximum absolute atomic E-state index is 12.2. The Balaban J connectivity index is 1.45. The fourth-order valence-electron chi connectivity index (χ4n) is 2.61. The minimum atomic E-state index is -0.535. The Bertz CT molecular complexity index is 1000. The van der Waals surface area contributed by atoms with Gasteiger partial charge in [0.25, 0.3) is 5.69 Å². The predicted octanol–water partition coefficient (Wildman–Crippen LogP) is 3.08. The number of carbonyl (C=O) groups excluding carboxylic acids is 1. The summed E-state index contributed by atoms with van der Waals surface area (Å²) in [6.45, 7) is 0.658. The summed E-state index contributed by atoms with van der Waals surface area (Å²) in [5.41, 5.74) is 6.61. The van der Waals surface area contributed by atoms with E-state index in [1.54, 1.807) is 0 Å². The molecular formula is C19H18N4O4S. The van der Waals surface area contributed by atoms with Crippen LogP contribution < -0.4 is 16.2 Å². The number of benzene rings is 2. The first kappa shape index (κ1) is 19.3. The van der Waals surface area contributed by atoms with Crippen molar-refractivity contribution in [1.29, 1.82) is 0 Å². The molecule has 0 radical (unpaired) electrons. The van der Waals surface area contributed by atoms with Crippen molar-refractivity contribution < 1.29 is 14.1 Å². The Labute approximate surface area is 166 Å². The van der Waals surface area contributed by atoms with Crippen LogP contribution in [0.4, 0.5) is 5.69 Å². The number of carbonyl (C=O) groups is 1. The topological polar surface area (TPSA) is 109 Å². The van der Waals surface area contributed by atoms with Crippen LogP contribution in [0.2, 0.25) is 0 Å². The van der Waals surface area contributed by atoms with E-state index in [-0.39, 0.29) is 16.6 Å². The minimum Gasteiger partial charge on any atom is -0.451 e. The fourth-order valence-corrected chi connectivity index (χ4v) is 2.77. The largest absolute Gasteiger partial charge is 0.451 e. The zero-order valence-electron chi connectivity index (χ0n) is 14.8. The molecule has 0 aliphatic carbocycles. The number of thiocarbonyl (C=S) groups is 1. The molecule has 0 unspecified atom stereocenters. The zero-order chi connectivity index (χ0) is 19.9. The van der Waals surface area contributed by atoms with Crippen LogP contribution in [0.3, 0.4) is 0 Å². The third-order valence-corrected chi connectivity index (χ3v) is 4.24. The molecule has 1 aromatic heterocycles. The molecule has 8 nitrogen and oxygen atoms in total. The van der Waals surface area contributed by atoms with Gasteiger partial charge in [-0.15, -0.1) is 0 Å². The van der Waals surface area contributed by atoms with Crippen molar-refractivity contribution in [3.05, 3.63) is 76.0 Å². The molecule has 0 aliphatic rings. The second-order valence-electron chi connectivity index (χ2n) is 6.01. The average molecular weight is 398 g/mol. The van der Waals surface area contributed by atoms with E-state index in [1.807, 2.05) is 18.2 Å². The molecule has 0 fully saturated rings.